The van der Waals surface area contributed by atoms with Crippen LogP contribution in [0.1, 0.15) is 51.4 Å². The normalized spacial score (nSPS) is 10.6. The molecule has 0 heterocycles. The van der Waals surface area contributed by atoms with Crippen molar-refractivity contribution in [3.8, 4) is 34.4 Å². The number of rotatable bonds is 9. The van der Waals surface area contributed by atoms with Gasteiger partial charge in [0.1, 0.15) is 0 Å². The van der Waals surface area contributed by atoms with Gasteiger partial charge in [0.15, 0.2) is 0 Å². The lowest BCUT2D eigenvalue weighted by atomic mass is 10.1. The van der Waals surface area contributed by atoms with E-state index >= 15 is 0 Å². The Morgan fingerprint density at radius 3 is 1.88 bits per heavy atom. The van der Waals surface area contributed by atoms with E-state index < -0.39 is 0 Å². The molecule has 0 fully saturated rings. The van der Waals surface area contributed by atoms with Crippen molar-refractivity contribution in [3.63, 3.8) is 0 Å². The average molecular weight is 448 g/mol. The van der Waals surface area contributed by atoms with E-state index in [2.05, 4.69) is 84.5 Å². The van der Waals surface area contributed by atoms with Crippen LogP contribution >= 0.6 is 31.9 Å². The van der Waals surface area contributed by atoms with Gasteiger partial charge < -0.3 is 0 Å². The molecule has 2 heteroatoms. The zero-order valence-corrected chi connectivity index (χ0v) is 17.2. The third-order valence-electron chi connectivity index (χ3n) is 2.90. The molecule has 0 N–H and O–H groups in total. The first-order chi connectivity index (χ1) is 11.9. The van der Waals surface area contributed by atoms with Gasteiger partial charge in [0.05, 0.1) is 0 Å². The second kappa shape index (κ2) is 21.6. The van der Waals surface area contributed by atoms with Crippen LogP contribution < -0.4 is 0 Å². The topological polar surface area (TPSA) is 0 Å². The molecule has 0 radical (unpaired) electrons. The van der Waals surface area contributed by atoms with Gasteiger partial charge in [-0.2, -0.15) is 0 Å². The van der Waals surface area contributed by atoms with Gasteiger partial charge in [-0.05, 0) is 72.6 Å². The lowest BCUT2D eigenvalue weighted by Crippen LogP contribution is -1.74. The van der Waals surface area contributed by atoms with Gasteiger partial charge in [-0.15, -0.1) is 0 Å². The fourth-order valence-corrected chi connectivity index (χ4v) is 1.99. The highest BCUT2D eigenvalue weighted by Gasteiger charge is 1.85. The van der Waals surface area contributed by atoms with Crippen LogP contribution in [0, 0.1) is 34.4 Å². The molecule has 0 amide bonds. The molecular formula is C22H24Br2. The molecular weight excluding hydrogens is 424 g/mol. The lowest BCUT2D eigenvalue weighted by molar-refractivity contribution is 0.696. The number of halogens is 2. The molecule has 0 aromatic heterocycles. The number of hydrogen-bond acceptors (Lipinski definition) is 0. The Morgan fingerprint density at radius 2 is 1.21 bits per heavy atom. The summed E-state index contributed by atoms with van der Waals surface area (Å²) < 4.78 is 0. The van der Waals surface area contributed by atoms with Crippen molar-refractivity contribution in [1.82, 2.24) is 0 Å². The van der Waals surface area contributed by atoms with Crippen LogP contribution in [-0.4, -0.2) is 0 Å². The Kier molecular flexibility index (Phi) is 20.3. The molecule has 126 valence electrons. The van der Waals surface area contributed by atoms with Crippen molar-refractivity contribution in [1.29, 1.82) is 0 Å². The maximum absolute atomic E-state index is 3.18. The monoisotopic (exact) mass is 446 g/mol. The van der Waals surface area contributed by atoms with Crippen LogP contribution in [0.5, 0.6) is 0 Å². The molecule has 0 aromatic rings. The highest BCUT2D eigenvalue weighted by atomic mass is 79.9. The van der Waals surface area contributed by atoms with Crippen LogP contribution in [0.2, 0.25) is 0 Å². The molecule has 0 unspecified atom stereocenters. The fourth-order valence-electron chi connectivity index (χ4n) is 1.73. The first-order valence-corrected chi connectivity index (χ1v) is 9.93. The van der Waals surface area contributed by atoms with Crippen LogP contribution in [0.3, 0.4) is 0 Å². The number of hydrogen-bond donors (Lipinski definition) is 0. The molecule has 0 bridgehead atoms. The van der Waals surface area contributed by atoms with E-state index in [0.29, 0.717) is 0 Å². The minimum absolute atomic E-state index is 0.942. The van der Waals surface area contributed by atoms with Crippen molar-refractivity contribution in [2.75, 3.05) is 0 Å². The SMILES string of the molecule is BrC#C/C=C/CCCC#C/C=C/CCCCC/C=C/C#C/C=C/Br. The van der Waals surface area contributed by atoms with E-state index in [4.69, 9.17) is 0 Å². The van der Waals surface area contributed by atoms with Gasteiger partial charge in [-0.3, -0.25) is 0 Å². The third-order valence-corrected chi connectivity index (χ3v) is 3.40. The fraction of sp³-hybridized carbons (Fsp3) is 0.364. The van der Waals surface area contributed by atoms with Gasteiger partial charge in [0.25, 0.3) is 0 Å². The molecule has 0 aliphatic heterocycles. The summed E-state index contributed by atoms with van der Waals surface area (Å²) in [5.41, 5.74) is 0. The molecule has 0 aliphatic rings. The van der Waals surface area contributed by atoms with Crippen LogP contribution in [0.4, 0.5) is 0 Å². The lowest BCUT2D eigenvalue weighted by Gasteiger charge is -1.93. The Morgan fingerprint density at radius 1 is 0.625 bits per heavy atom. The highest BCUT2D eigenvalue weighted by molar-refractivity contribution is 9.12. The quantitative estimate of drug-likeness (QED) is 0.262. The summed E-state index contributed by atoms with van der Waals surface area (Å²) in [7, 11) is 0. The van der Waals surface area contributed by atoms with E-state index in [-0.39, 0.29) is 0 Å². The second-order valence-electron chi connectivity index (χ2n) is 4.88. The summed E-state index contributed by atoms with van der Waals surface area (Å²) in [4.78, 5) is 4.41. The first kappa shape index (κ1) is 22.6. The van der Waals surface area contributed by atoms with Gasteiger partial charge in [-0.25, -0.2) is 0 Å². The minimum Gasteiger partial charge on any atom is -0.0985 e. The summed E-state index contributed by atoms with van der Waals surface area (Å²) >= 11 is 6.23. The van der Waals surface area contributed by atoms with E-state index in [1.165, 1.54) is 19.3 Å². The minimum atomic E-state index is 0.942. The van der Waals surface area contributed by atoms with Gasteiger partial charge in [0, 0.05) is 22.4 Å². The zero-order valence-electron chi connectivity index (χ0n) is 14.0. The Bertz CT molecular complexity index is 587. The van der Waals surface area contributed by atoms with Crippen molar-refractivity contribution < 1.29 is 0 Å². The van der Waals surface area contributed by atoms with Crippen LogP contribution in [0.15, 0.2) is 47.5 Å². The third kappa shape index (κ3) is 20.6. The Labute approximate surface area is 164 Å². The predicted molar refractivity (Wildman–Crippen MR) is 115 cm³/mol. The van der Waals surface area contributed by atoms with Crippen molar-refractivity contribution in [2.45, 2.75) is 51.4 Å². The molecule has 0 atom stereocenters. The summed E-state index contributed by atoms with van der Waals surface area (Å²) in [6, 6.07) is 0. The Balaban J connectivity index is 3.46. The van der Waals surface area contributed by atoms with Crippen LogP contribution in [0.25, 0.3) is 0 Å². The predicted octanol–water partition coefficient (Wildman–Crippen LogP) is 7.05. The standard InChI is InChI=1S/C22H24Br2/c23-21-19-17-15-13-11-9-7-5-3-1-2-4-6-8-10-12-14-16-18-20-22-24/h1,3,12,14-15,17,20,22H,2,4,6,8-11,13H2/b3-1+,14-12+,17-15+,22-20+. The summed E-state index contributed by atoms with van der Waals surface area (Å²) in [6.45, 7) is 0. The van der Waals surface area contributed by atoms with Gasteiger partial charge in [-0.1, -0.05) is 70.2 Å². The molecule has 0 spiro atoms. The van der Waals surface area contributed by atoms with E-state index in [1.54, 1.807) is 11.1 Å². The molecule has 0 nitrogen and oxygen atoms in total. The van der Waals surface area contributed by atoms with E-state index in [1.807, 2.05) is 18.2 Å². The second-order valence-corrected chi connectivity index (χ2v) is 5.80. The molecule has 24 heavy (non-hydrogen) atoms. The Hall–Kier alpha value is -1.40. The summed E-state index contributed by atoms with van der Waals surface area (Å²) in [5, 5.41) is 0. The molecule has 0 saturated heterocycles. The van der Waals surface area contributed by atoms with Gasteiger partial charge >= 0.3 is 0 Å². The summed E-state index contributed by atoms with van der Waals surface area (Å²) in [5.74, 6) is 14.9. The van der Waals surface area contributed by atoms with Crippen molar-refractivity contribution in [3.05, 3.63) is 47.5 Å². The smallest absolute Gasteiger partial charge is 0.0110 e. The molecule has 0 aliphatic carbocycles. The van der Waals surface area contributed by atoms with Crippen molar-refractivity contribution in [2.24, 2.45) is 0 Å². The largest absolute Gasteiger partial charge is 0.0985 e. The van der Waals surface area contributed by atoms with Crippen molar-refractivity contribution >= 4 is 31.9 Å². The average Bonchev–Trinajstić information content (AvgIpc) is 2.60. The van der Waals surface area contributed by atoms with Gasteiger partial charge in [0.2, 0.25) is 0 Å². The molecule has 0 aromatic carbocycles. The first-order valence-electron chi connectivity index (χ1n) is 8.22. The number of allylic oxidation sites excluding steroid dienone is 7. The van der Waals surface area contributed by atoms with E-state index in [9.17, 15) is 0 Å². The van der Waals surface area contributed by atoms with Crippen LogP contribution in [-0.2, 0) is 0 Å². The zero-order chi connectivity index (χ0) is 17.6. The molecule has 0 saturated carbocycles. The van der Waals surface area contributed by atoms with E-state index in [0.717, 1.165) is 32.1 Å². The summed E-state index contributed by atoms with van der Waals surface area (Å²) in [6.07, 6.45) is 22.9. The molecule has 0 rings (SSSR count). The number of unbranched alkanes of at least 4 members (excludes halogenated alkanes) is 6. The highest BCUT2D eigenvalue weighted by Crippen LogP contribution is 2.04. The maximum atomic E-state index is 3.18. The maximum Gasteiger partial charge on any atom is 0.0110 e.